The Labute approximate surface area is 97.3 Å². The lowest BCUT2D eigenvalue weighted by Gasteiger charge is -2.01. The maximum absolute atomic E-state index is 11.6. The number of carbonyl (C=O) groups excluding carboxylic acids is 1. The molecule has 0 aliphatic heterocycles. The van der Waals surface area contributed by atoms with Gasteiger partial charge < -0.3 is 4.74 Å². The minimum atomic E-state index is -0.317. The quantitative estimate of drug-likeness (QED) is 0.828. The van der Waals surface area contributed by atoms with E-state index in [0.717, 1.165) is 5.69 Å². The van der Waals surface area contributed by atoms with Gasteiger partial charge in [0, 0.05) is 11.3 Å². The van der Waals surface area contributed by atoms with Crippen LogP contribution in [0.4, 0.5) is 0 Å². The van der Waals surface area contributed by atoms with Crippen LogP contribution in [0.1, 0.15) is 27.9 Å². The second-order valence-electron chi connectivity index (χ2n) is 3.24. The molecule has 0 amide bonds. The van der Waals surface area contributed by atoms with Crippen LogP contribution in [0.5, 0.6) is 0 Å². The molecule has 2 aromatic heterocycles. The molecule has 0 saturated carbocycles. The first-order valence-electron chi connectivity index (χ1n) is 5.03. The summed E-state index contributed by atoms with van der Waals surface area (Å²) in [6.07, 6.45) is 2.20. The molecule has 2 aromatic rings. The third-order valence-electron chi connectivity index (χ3n) is 2.14. The number of aromatic amines is 1. The average Bonchev–Trinajstić information content (AvgIpc) is 2.90. The van der Waals surface area contributed by atoms with Crippen molar-refractivity contribution in [2.45, 2.75) is 13.3 Å². The van der Waals surface area contributed by atoms with Crippen molar-refractivity contribution in [3.8, 4) is 0 Å². The van der Waals surface area contributed by atoms with E-state index in [4.69, 9.17) is 4.74 Å². The van der Waals surface area contributed by atoms with Gasteiger partial charge in [0.25, 0.3) is 0 Å². The first kappa shape index (κ1) is 10.9. The van der Waals surface area contributed by atoms with Crippen molar-refractivity contribution in [1.82, 2.24) is 10.2 Å². The molecule has 0 bridgehead atoms. The summed E-state index contributed by atoms with van der Waals surface area (Å²) in [5.41, 5.74) is 1.33. The smallest absolute Gasteiger partial charge is 0.341 e. The van der Waals surface area contributed by atoms with Crippen molar-refractivity contribution in [3.05, 3.63) is 39.8 Å². The van der Waals surface area contributed by atoms with Gasteiger partial charge in [-0.15, -0.1) is 11.3 Å². The zero-order valence-corrected chi connectivity index (χ0v) is 9.71. The SMILES string of the molecule is CCOC(=O)c1cn[nH]c1Cc1cccs1. The zero-order valence-electron chi connectivity index (χ0n) is 8.90. The highest BCUT2D eigenvalue weighted by molar-refractivity contribution is 7.09. The zero-order chi connectivity index (χ0) is 11.4. The molecular formula is C11H12N2O2S. The Kier molecular flexibility index (Phi) is 3.36. The molecule has 0 unspecified atom stereocenters. The van der Waals surface area contributed by atoms with E-state index < -0.39 is 0 Å². The van der Waals surface area contributed by atoms with Crippen LogP contribution in [0.15, 0.2) is 23.7 Å². The third-order valence-corrected chi connectivity index (χ3v) is 3.02. The van der Waals surface area contributed by atoms with Crippen LogP contribution in [0.3, 0.4) is 0 Å². The van der Waals surface area contributed by atoms with Gasteiger partial charge in [-0.2, -0.15) is 5.10 Å². The molecule has 0 saturated heterocycles. The molecule has 84 valence electrons. The predicted octanol–water partition coefficient (Wildman–Crippen LogP) is 2.24. The first-order chi connectivity index (χ1) is 7.81. The molecule has 5 heteroatoms. The second-order valence-corrected chi connectivity index (χ2v) is 4.27. The fraction of sp³-hybridized carbons (Fsp3) is 0.273. The molecule has 0 spiro atoms. The molecule has 2 rings (SSSR count). The predicted molar refractivity (Wildman–Crippen MR) is 61.7 cm³/mol. The van der Waals surface area contributed by atoms with E-state index in [1.807, 2.05) is 17.5 Å². The summed E-state index contributed by atoms with van der Waals surface area (Å²) < 4.78 is 4.95. The number of thiophene rings is 1. The number of ether oxygens (including phenoxy) is 1. The lowest BCUT2D eigenvalue weighted by atomic mass is 10.2. The summed E-state index contributed by atoms with van der Waals surface area (Å²) in [5.74, 6) is -0.317. The van der Waals surface area contributed by atoms with E-state index in [1.54, 1.807) is 18.3 Å². The number of nitrogens with one attached hydrogen (secondary N) is 1. The number of H-pyrrole nitrogens is 1. The maximum atomic E-state index is 11.6. The fourth-order valence-corrected chi connectivity index (χ4v) is 2.14. The van der Waals surface area contributed by atoms with Crippen molar-refractivity contribution >= 4 is 17.3 Å². The van der Waals surface area contributed by atoms with Crippen molar-refractivity contribution in [1.29, 1.82) is 0 Å². The van der Waals surface area contributed by atoms with E-state index >= 15 is 0 Å². The van der Waals surface area contributed by atoms with E-state index in [9.17, 15) is 4.79 Å². The van der Waals surface area contributed by atoms with E-state index in [-0.39, 0.29) is 5.97 Å². The molecule has 0 radical (unpaired) electrons. The van der Waals surface area contributed by atoms with Gasteiger partial charge in [-0.25, -0.2) is 4.79 Å². The minimum Gasteiger partial charge on any atom is -0.462 e. The van der Waals surface area contributed by atoms with Gasteiger partial charge in [0.1, 0.15) is 5.56 Å². The van der Waals surface area contributed by atoms with Gasteiger partial charge in [0.15, 0.2) is 0 Å². The summed E-state index contributed by atoms with van der Waals surface area (Å²) in [4.78, 5) is 12.8. The highest BCUT2D eigenvalue weighted by Gasteiger charge is 2.15. The monoisotopic (exact) mass is 236 g/mol. The lowest BCUT2D eigenvalue weighted by molar-refractivity contribution is 0.0525. The summed E-state index contributed by atoms with van der Waals surface area (Å²) in [6.45, 7) is 2.17. The number of nitrogens with zero attached hydrogens (tertiary/aromatic N) is 1. The number of esters is 1. The summed E-state index contributed by atoms with van der Waals surface area (Å²) >= 11 is 1.66. The number of hydrogen-bond donors (Lipinski definition) is 1. The Morgan fingerprint density at radius 3 is 3.19 bits per heavy atom. The largest absolute Gasteiger partial charge is 0.462 e. The Morgan fingerprint density at radius 2 is 2.50 bits per heavy atom. The second kappa shape index (κ2) is 4.94. The Balaban J connectivity index is 2.16. The van der Waals surface area contributed by atoms with Gasteiger partial charge in [-0.3, -0.25) is 5.10 Å². The maximum Gasteiger partial charge on any atom is 0.341 e. The Hall–Kier alpha value is -1.62. The van der Waals surface area contributed by atoms with Gasteiger partial charge >= 0.3 is 5.97 Å². The highest BCUT2D eigenvalue weighted by atomic mass is 32.1. The topological polar surface area (TPSA) is 55.0 Å². The van der Waals surface area contributed by atoms with Gasteiger partial charge in [-0.05, 0) is 18.4 Å². The molecule has 16 heavy (non-hydrogen) atoms. The molecular weight excluding hydrogens is 224 g/mol. The summed E-state index contributed by atoms with van der Waals surface area (Å²) in [5, 5.41) is 8.73. The molecule has 0 aliphatic carbocycles. The van der Waals surface area contributed by atoms with Crippen molar-refractivity contribution in [3.63, 3.8) is 0 Å². The van der Waals surface area contributed by atoms with Crippen molar-refractivity contribution in [2.75, 3.05) is 6.61 Å². The van der Waals surface area contributed by atoms with Gasteiger partial charge in [0.2, 0.25) is 0 Å². The average molecular weight is 236 g/mol. The normalized spacial score (nSPS) is 10.3. The molecule has 4 nitrogen and oxygen atoms in total. The molecule has 0 aliphatic rings. The summed E-state index contributed by atoms with van der Waals surface area (Å²) in [6, 6.07) is 4.01. The van der Waals surface area contributed by atoms with Crippen LogP contribution >= 0.6 is 11.3 Å². The first-order valence-corrected chi connectivity index (χ1v) is 5.91. The molecule has 0 aromatic carbocycles. The van der Waals surface area contributed by atoms with E-state index in [0.29, 0.717) is 18.6 Å². The molecule has 0 fully saturated rings. The van der Waals surface area contributed by atoms with Crippen LogP contribution in [0.2, 0.25) is 0 Å². The number of rotatable bonds is 4. The highest BCUT2D eigenvalue weighted by Crippen LogP contribution is 2.16. The van der Waals surface area contributed by atoms with Gasteiger partial charge in [-0.1, -0.05) is 6.07 Å². The van der Waals surface area contributed by atoms with E-state index in [1.165, 1.54) is 11.1 Å². The standard InChI is InChI=1S/C11H12N2O2S/c1-2-15-11(14)9-7-12-13-10(9)6-8-4-3-5-16-8/h3-5,7H,2,6H2,1H3,(H,12,13). The van der Waals surface area contributed by atoms with Crippen LogP contribution in [0, 0.1) is 0 Å². The fourth-order valence-electron chi connectivity index (χ4n) is 1.42. The minimum absolute atomic E-state index is 0.317. The van der Waals surface area contributed by atoms with E-state index in [2.05, 4.69) is 10.2 Å². The number of hydrogen-bond acceptors (Lipinski definition) is 4. The Morgan fingerprint density at radius 1 is 1.62 bits per heavy atom. The van der Waals surface area contributed by atoms with Gasteiger partial charge in [0.05, 0.1) is 18.5 Å². The van der Waals surface area contributed by atoms with Crippen molar-refractivity contribution < 1.29 is 9.53 Å². The van der Waals surface area contributed by atoms with Crippen molar-refractivity contribution in [2.24, 2.45) is 0 Å². The van der Waals surface area contributed by atoms with Crippen LogP contribution < -0.4 is 0 Å². The van der Waals surface area contributed by atoms with Crippen LogP contribution in [-0.2, 0) is 11.2 Å². The Bertz CT molecular complexity index is 462. The lowest BCUT2D eigenvalue weighted by Crippen LogP contribution is -2.06. The van der Waals surface area contributed by atoms with Crippen LogP contribution in [0.25, 0.3) is 0 Å². The summed E-state index contributed by atoms with van der Waals surface area (Å²) in [7, 11) is 0. The molecule has 0 atom stereocenters. The third kappa shape index (κ3) is 2.30. The molecule has 1 N–H and O–H groups in total. The van der Waals surface area contributed by atoms with Crippen LogP contribution in [-0.4, -0.2) is 22.8 Å². The number of carbonyl (C=O) groups is 1. The number of aromatic nitrogens is 2. The molecule has 2 heterocycles.